The number of sulfonamides is 1. The fourth-order valence-electron chi connectivity index (χ4n) is 3.17. The van der Waals surface area contributed by atoms with E-state index in [1.807, 2.05) is 24.3 Å². The van der Waals surface area contributed by atoms with Gasteiger partial charge in [-0.25, -0.2) is 13.9 Å². The summed E-state index contributed by atoms with van der Waals surface area (Å²) >= 11 is 0. The second-order valence-electron chi connectivity index (χ2n) is 5.97. The minimum Gasteiger partial charge on any atom is -0.289 e. The normalized spacial score (nSPS) is 19.8. The van der Waals surface area contributed by atoms with Gasteiger partial charge in [0.2, 0.25) is 10.0 Å². The minimum atomic E-state index is -3.82. The van der Waals surface area contributed by atoms with Gasteiger partial charge in [-0.05, 0) is 35.7 Å². The van der Waals surface area contributed by atoms with Crippen LogP contribution in [-0.4, -0.2) is 36.4 Å². The quantitative estimate of drug-likeness (QED) is 0.658. The van der Waals surface area contributed by atoms with E-state index < -0.39 is 22.0 Å². The van der Waals surface area contributed by atoms with Crippen LogP contribution in [0.25, 0.3) is 10.8 Å². The fourth-order valence-corrected chi connectivity index (χ4v) is 4.86. The highest BCUT2D eigenvalue weighted by Gasteiger charge is 2.36. The van der Waals surface area contributed by atoms with Crippen LogP contribution in [0, 0.1) is 0 Å². The maximum atomic E-state index is 13.1. The Morgan fingerprint density at radius 1 is 1.08 bits per heavy atom. The van der Waals surface area contributed by atoms with E-state index in [9.17, 15) is 13.2 Å². The zero-order valence-corrected chi connectivity index (χ0v) is 14.0. The van der Waals surface area contributed by atoms with Gasteiger partial charge in [0.05, 0.1) is 4.90 Å². The molecule has 2 aromatic rings. The van der Waals surface area contributed by atoms with Gasteiger partial charge in [-0.3, -0.25) is 10.0 Å². The van der Waals surface area contributed by atoms with Crippen LogP contribution in [0.1, 0.15) is 25.7 Å². The Hall–Kier alpha value is -1.96. The van der Waals surface area contributed by atoms with Crippen molar-refractivity contribution < 1.29 is 18.4 Å². The van der Waals surface area contributed by atoms with Crippen molar-refractivity contribution in [3.63, 3.8) is 0 Å². The summed E-state index contributed by atoms with van der Waals surface area (Å²) in [6, 6.07) is 11.6. The summed E-state index contributed by atoms with van der Waals surface area (Å²) in [6.07, 6.45) is 2.71. The second kappa shape index (κ2) is 6.88. The predicted octanol–water partition coefficient (Wildman–Crippen LogP) is 2.28. The molecule has 24 heavy (non-hydrogen) atoms. The smallest absolute Gasteiger partial charge is 0.261 e. The zero-order valence-electron chi connectivity index (χ0n) is 13.2. The molecule has 0 aromatic heterocycles. The Morgan fingerprint density at radius 2 is 1.83 bits per heavy atom. The third kappa shape index (κ3) is 3.15. The Balaban J connectivity index is 2.03. The number of hydrogen-bond donors (Lipinski definition) is 2. The molecule has 1 fully saturated rings. The van der Waals surface area contributed by atoms with Gasteiger partial charge >= 0.3 is 0 Å². The van der Waals surface area contributed by atoms with E-state index >= 15 is 0 Å². The molecule has 1 amide bonds. The van der Waals surface area contributed by atoms with Gasteiger partial charge < -0.3 is 0 Å². The monoisotopic (exact) mass is 348 g/mol. The molecule has 1 saturated heterocycles. The Morgan fingerprint density at radius 3 is 2.58 bits per heavy atom. The van der Waals surface area contributed by atoms with E-state index in [0.717, 1.165) is 23.6 Å². The van der Waals surface area contributed by atoms with Gasteiger partial charge in [-0.2, -0.15) is 4.31 Å². The number of rotatable bonds is 3. The van der Waals surface area contributed by atoms with Crippen molar-refractivity contribution in [2.45, 2.75) is 36.6 Å². The number of nitrogens with zero attached hydrogens (tertiary/aromatic N) is 1. The molecule has 7 heteroatoms. The predicted molar refractivity (Wildman–Crippen MR) is 90.0 cm³/mol. The molecule has 0 radical (unpaired) electrons. The van der Waals surface area contributed by atoms with Gasteiger partial charge in [0.1, 0.15) is 6.04 Å². The van der Waals surface area contributed by atoms with Crippen molar-refractivity contribution in [1.29, 1.82) is 0 Å². The number of hydroxylamine groups is 1. The second-order valence-corrected chi connectivity index (χ2v) is 7.86. The van der Waals surface area contributed by atoms with Gasteiger partial charge in [0, 0.05) is 6.54 Å². The largest absolute Gasteiger partial charge is 0.289 e. The highest BCUT2D eigenvalue weighted by Crippen LogP contribution is 2.27. The lowest BCUT2D eigenvalue weighted by Gasteiger charge is -2.27. The molecule has 1 aliphatic rings. The summed E-state index contributed by atoms with van der Waals surface area (Å²) in [5, 5.41) is 10.7. The molecule has 0 spiro atoms. The number of nitrogens with one attached hydrogen (secondary N) is 1. The highest BCUT2D eigenvalue weighted by molar-refractivity contribution is 7.89. The Labute approximate surface area is 141 Å². The van der Waals surface area contributed by atoms with Gasteiger partial charge in [-0.15, -0.1) is 0 Å². The SMILES string of the molecule is O=C(NO)[C@H]1CCCCCN1S(=O)(=O)c1ccc2ccccc2c1. The van der Waals surface area contributed by atoms with Crippen LogP contribution in [0.2, 0.25) is 0 Å². The summed E-state index contributed by atoms with van der Waals surface area (Å²) in [4.78, 5) is 12.1. The molecule has 2 aromatic carbocycles. The minimum absolute atomic E-state index is 0.166. The van der Waals surface area contributed by atoms with Crippen LogP contribution in [0.4, 0.5) is 0 Å². The van der Waals surface area contributed by atoms with Crippen LogP contribution in [0.3, 0.4) is 0 Å². The molecule has 128 valence electrons. The van der Waals surface area contributed by atoms with Crippen LogP contribution < -0.4 is 5.48 Å². The van der Waals surface area contributed by atoms with Crippen LogP contribution >= 0.6 is 0 Å². The van der Waals surface area contributed by atoms with Crippen molar-refractivity contribution in [1.82, 2.24) is 9.79 Å². The number of hydrogen-bond acceptors (Lipinski definition) is 4. The zero-order chi connectivity index (χ0) is 17.2. The lowest BCUT2D eigenvalue weighted by Crippen LogP contribution is -2.48. The summed E-state index contributed by atoms with van der Waals surface area (Å²) < 4.78 is 27.4. The van der Waals surface area contributed by atoms with Crippen molar-refractivity contribution in [3.8, 4) is 0 Å². The molecule has 0 bridgehead atoms. The lowest BCUT2D eigenvalue weighted by molar-refractivity contribution is -0.133. The van der Waals surface area contributed by atoms with E-state index in [1.54, 1.807) is 23.7 Å². The topological polar surface area (TPSA) is 86.7 Å². The molecule has 6 nitrogen and oxygen atoms in total. The van der Waals surface area contributed by atoms with E-state index in [-0.39, 0.29) is 11.4 Å². The fraction of sp³-hybridized carbons (Fsp3) is 0.353. The summed E-state index contributed by atoms with van der Waals surface area (Å²) in [5.41, 5.74) is 1.60. The first kappa shape index (κ1) is 16.9. The Bertz CT molecular complexity index is 851. The number of fused-ring (bicyclic) bond motifs is 1. The van der Waals surface area contributed by atoms with Crippen molar-refractivity contribution >= 4 is 26.7 Å². The van der Waals surface area contributed by atoms with Crippen molar-refractivity contribution in [2.75, 3.05) is 6.54 Å². The average Bonchev–Trinajstić information content (AvgIpc) is 2.87. The van der Waals surface area contributed by atoms with Gasteiger partial charge in [-0.1, -0.05) is 43.2 Å². The number of carbonyl (C=O) groups is 1. The van der Waals surface area contributed by atoms with Gasteiger partial charge in [0.15, 0.2) is 0 Å². The summed E-state index contributed by atoms with van der Waals surface area (Å²) in [7, 11) is -3.82. The van der Waals surface area contributed by atoms with Crippen LogP contribution in [-0.2, 0) is 14.8 Å². The standard InChI is InChI=1S/C17H20N2O4S/c20-17(18-21)16-8-2-1-5-11-19(16)24(22,23)15-10-9-13-6-3-4-7-14(13)12-15/h3-4,6-7,9-10,12,16,21H,1-2,5,8,11H2,(H,18,20)/t16-/m1/s1. The molecule has 1 atom stereocenters. The first-order chi connectivity index (χ1) is 11.5. The van der Waals surface area contributed by atoms with Crippen molar-refractivity contribution in [2.24, 2.45) is 0 Å². The molecule has 2 N–H and O–H groups in total. The van der Waals surface area contributed by atoms with E-state index in [2.05, 4.69) is 0 Å². The van der Waals surface area contributed by atoms with E-state index in [0.29, 0.717) is 12.8 Å². The summed E-state index contributed by atoms with van der Waals surface area (Å²) in [5.74, 6) is -0.679. The van der Waals surface area contributed by atoms with Crippen LogP contribution in [0.5, 0.6) is 0 Å². The Kier molecular flexibility index (Phi) is 4.84. The number of carbonyl (C=O) groups excluding carboxylic acids is 1. The van der Waals surface area contributed by atoms with E-state index in [1.165, 1.54) is 4.31 Å². The molecule has 0 saturated carbocycles. The first-order valence-electron chi connectivity index (χ1n) is 7.98. The summed E-state index contributed by atoms with van der Waals surface area (Å²) in [6.45, 7) is 0.271. The van der Waals surface area contributed by atoms with Crippen molar-refractivity contribution in [3.05, 3.63) is 42.5 Å². The number of amides is 1. The molecular formula is C17H20N2O4S. The molecule has 0 unspecified atom stereocenters. The molecular weight excluding hydrogens is 328 g/mol. The molecule has 1 aliphatic heterocycles. The molecule has 0 aliphatic carbocycles. The first-order valence-corrected chi connectivity index (χ1v) is 9.42. The molecule has 3 rings (SSSR count). The third-order valence-electron chi connectivity index (χ3n) is 4.44. The maximum Gasteiger partial charge on any atom is 0.261 e. The third-order valence-corrected chi connectivity index (χ3v) is 6.35. The number of benzene rings is 2. The van der Waals surface area contributed by atoms with Crippen LogP contribution in [0.15, 0.2) is 47.4 Å². The maximum absolute atomic E-state index is 13.1. The highest BCUT2D eigenvalue weighted by atomic mass is 32.2. The van der Waals surface area contributed by atoms with Gasteiger partial charge in [0.25, 0.3) is 5.91 Å². The average molecular weight is 348 g/mol. The van der Waals surface area contributed by atoms with E-state index in [4.69, 9.17) is 5.21 Å². The molecule has 1 heterocycles. The lowest BCUT2D eigenvalue weighted by atomic mass is 10.1.